The van der Waals surface area contributed by atoms with Gasteiger partial charge in [0.05, 0.1) is 0 Å². The van der Waals surface area contributed by atoms with Crippen molar-refractivity contribution >= 4 is 28.4 Å². The lowest BCUT2D eigenvalue weighted by atomic mass is 10.1. The topological polar surface area (TPSA) is 51.8 Å². The predicted octanol–water partition coefficient (Wildman–Crippen LogP) is 3.98. The Bertz CT molecular complexity index is 784. The number of nitrogens with two attached hydrogens (primary N) is 1. The normalized spacial score (nSPS) is 10.9. The van der Waals surface area contributed by atoms with Gasteiger partial charge in [0.25, 0.3) is 0 Å². The third-order valence-electron chi connectivity index (χ3n) is 3.19. The molecule has 0 spiro atoms. The molecule has 2 N–H and O–H groups in total. The van der Waals surface area contributed by atoms with Crippen LogP contribution in [0.3, 0.4) is 0 Å². The lowest BCUT2D eigenvalue weighted by Gasteiger charge is -2.08. The lowest BCUT2D eigenvalue weighted by molar-refractivity contribution is 0.947. The Morgan fingerprint density at radius 1 is 0.950 bits per heavy atom. The number of hydrogen-bond donors (Lipinski definition) is 1. The minimum Gasteiger partial charge on any atom is -0.383 e. The maximum atomic E-state index is 5.90. The molecule has 0 unspecified atom stereocenters. The molecule has 4 heteroatoms. The maximum absolute atomic E-state index is 5.90. The average molecular weight is 281 g/mol. The second-order valence-corrected chi connectivity index (χ2v) is 5.76. The SMILES string of the molecule is Cc1nc(N)c(C)c(Sc2ccc3ccccc3c2)n1. The Morgan fingerprint density at radius 3 is 2.50 bits per heavy atom. The number of benzene rings is 2. The summed E-state index contributed by atoms with van der Waals surface area (Å²) in [6.07, 6.45) is 0. The molecule has 0 bridgehead atoms. The summed E-state index contributed by atoms with van der Waals surface area (Å²) >= 11 is 1.63. The van der Waals surface area contributed by atoms with Crippen LogP contribution in [0.5, 0.6) is 0 Å². The Kier molecular flexibility index (Phi) is 3.32. The van der Waals surface area contributed by atoms with Gasteiger partial charge < -0.3 is 5.73 Å². The van der Waals surface area contributed by atoms with E-state index < -0.39 is 0 Å². The molecule has 2 aromatic carbocycles. The van der Waals surface area contributed by atoms with Gasteiger partial charge in [0.2, 0.25) is 0 Å². The van der Waals surface area contributed by atoms with Gasteiger partial charge in [-0.25, -0.2) is 9.97 Å². The van der Waals surface area contributed by atoms with Crippen LogP contribution in [-0.4, -0.2) is 9.97 Å². The fraction of sp³-hybridized carbons (Fsp3) is 0.125. The molecule has 0 amide bonds. The molecule has 100 valence electrons. The van der Waals surface area contributed by atoms with Crippen LogP contribution in [0, 0.1) is 13.8 Å². The quantitative estimate of drug-likeness (QED) is 0.722. The van der Waals surface area contributed by atoms with Gasteiger partial charge in [0, 0.05) is 10.5 Å². The fourth-order valence-corrected chi connectivity index (χ4v) is 3.05. The standard InChI is InChI=1S/C16H15N3S/c1-10-15(17)18-11(2)19-16(10)20-14-8-7-12-5-3-4-6-13(12)9-14/h3-9H,1-2H3,(H2,17,18,19). The molecule has 3 rings (SSSR count). The largest absolute Gasteiger partial charge is 0.383 e. The summed E-state index contributed by atoms with van der Waals surface area (Å²) < 4.78 is 0. The van der Waals surface area contributed by atoms with Crippen LogP contribution in [0.25, 0.3) is 10.8 Å². The summed E-state index contributed by atoms with van der Waals surface area (Å²) in [5.74, 6) is 1.26. The number of anilines is 1. The van der Waals surface area contributed by atoms with Crippen LogP contribution in [0.4, 0.5) is 5.82 Å². The van der Waals surface area contributed by atoms with Gasteiger partial charge in [0.1, 0.15) is 16.7 Å². The van der Waals surface area contributed by atoms with Crippen LogP contribution >= 0.6 is 11.8 Å². The minimum atomic E-state index is 0.556. The first-order valence-corrected chi connectivity index (χ1v) is 7.22. The molecule has 0 saturated heterocycles. The molecule has 20 heavy (non-hydrogen) atoms. The average Bonchev–Trinajstić information content (AvgIpc) is 2.44. The van der Waals surface area contributed by atoms with E-state index in [1.165, 1.54) is 10.8 Å². The number of aryl methyl sites for hydroxylation is 1. The van der Waals surface area contributed by atoms with E-state index in [0.717, 1.165) is 15.5 Å². The predicted molar refractivity (Wildman–Crippen MR) is 84.0 cm³/mol. The first-order chi connectivity index (χ1) is 9.63. The molecule has 0 aliphatic rings. The zero-order valence-electron chi connectivity index (χ0n) is 11.4. The van der Waals surface area contributed by atoms with E-state index in [9.17, 15) is 0 Å². The van der Waals surface area contributed by atoms with Gasteiger partial charge in [-0.1, -0.05) is 42.1 Å². The van der Waals surface area contributed by atoms with E-state index in [1.807, 2.05) is 19.9 Å². The zero-order chi connectivity index (χ0) is 14.1. The number of nitrogen functional groups attached to an aromatic ring is 1. The Hall–Kier alpha value is -2.07. The summed E-state index contributed by atoms with van der Waals surface area (Å²) in [4.78, 5) is 9.82. The van der Waals surface area contributed by atoms with E-state index in [4.69, 9.17) is 5.73 Å². The van der Waals surface area contributed by atoms with Crippen molar-refractivity contribution in [1.82, 2.24) is 9.97 Å². The second kappa shape index (κ2) is 5.13. The molecule has 1 heterocycles. The zero-order valence-corrected chi connectivity index (χ0v) is 12.2. The number of aromatic nitrogens is 2. The van der Waals surface area contributed by atoms with Gasteiger partial charge in [-0.3, -0.25) is 0 Å². The van der Waals surface area contributed by atoms with E-state index in [2.05, 4.69) is 46.4 Å². The summed E-state index contributed by atoms with van der Waals surface area (Å²) in [6, 6.07) is 14.7. The van der Waals surface area contributed by atoms with Crippen molar-refractivity contribution in [2.75, 3.05) is 5.73 Å². The van der Waals surface area contributed by atoms with Crippen molar-refractivity contribution in [3.05, 3.63) is 53.9 Å². The maximum Gasteiger partial charge on any atom is 0.131 e. The monoisotopic (exact) mass is 281 g/mol. The van der Waals surface area contributed by atoms with Gasteiger partial charge in [-0.2, -0.15) is 0 Å². The molecule has 0 saturated carbocycles. The van der Waals surface area contributed by atoms with Crippen molar-refractivity contribution in [3.8, 4) is 0 Å². The van der Waals surface area contributed by atoms with E-state index >= 15 is 0 Å². The highest BCUT2D eigenvalue weighted by Crippen LogP contribution is 2.32. The van der Waals surface area contributed by atoms with Gasteiger partial charge in [0.15, 0.2) is 0 Å². The molecule has 0 radical (unpaired) electrons. The third-order valence-corrected chi connectivity index (χ3v) is 4.27. The summed E-state index contributed by atoms with van der Waals surface area (Å²) in [5.41, 5.74) is 6.84. The van der Waals surface area contributed by atoms with Crippen molar-refractivity contribution < 1.29 is 0 Å². The fourth-order valence-electron chi connectivity index (χ4n) is 2.07. The number of fused-ring (bicyclic) bond motifs is 1. The Labute approximate surface area is 122 Å². The van der Waals surface area contributed by atoms with Gasteiger partial charge >= 0.3 is 0 Å². The first-order valence-electron chi connectivity index (χ1n) is 6.41. The molecule has 0 fully saturated rings. The van der Waals surface area contributed by atoms with E-state index in [-0.39, 0.29) is 0 Å². The summed E-state index contributed by atoms with van der Waals surface area (Å²) in [6.45, 7) is 3.82. The molecule has 0 aliphatic heterocycles. The van der Waals surface area contributed by atoms with Crippen molar-refractivity contribution in [1.29, 1.82) is 0 Å². The van der Waals surface area contributed by atoms with Crippen LogP contribution < -0.4 is 5.73 Å². The first kappa shape index (κ1) is 12.9. The summed E-state index contributed by atoms with van der Waals surface area (Å²) in [7, 11) is 0. The molecular weight excluding hydrogens is 266 g/mol. The van der Waals surface area contributed by atoms with Crippen LogP contribution in [-0.2, 0) is 0 Å². The number of nitrogens with zero attached hydrogens (tertiary/aromatic N) is 2. The Morgan fingerprint density at radius 2 is 1.70 bits per heavy atom. The van der Waals surface area contributed by atoms with Crippen molar-refractivity contribution in [2.45, 2.75) is 23.8 Å². The van der Waals surface area contributed by atoms with Gasteiger partial charge in [-0.15, -0.1) is 0 Å². The van der Waals surface area contributed by atoms with E-state index in [0.29, 0.717) is 11.6 Å². The van der Waals surface area contributed by atoms with Gasteiger partial charge in [-0.05, 0) is 36.8 Å². The highest BCUT2D eigenvalue weighted by molar-refractivity contribution is 7.99. The number of rotatable bonds is 2. The molecule has 1 aromatic heterocycles. The molecule has 3 aromatic rings. The third kappa shape index (κ3) is 2.47. The molecule has 0 aliphatic carbocycles. The molecular formula is C16H15N3S. The lowest BCUT2D eigenvalue weighted by Crippen LogP contribution is -2.01. The summed E-state index contributed by atoms with van der Waals surface area (Å²) in [5, 5.41) is 3.39. The molecule has 3 nitrogen and oxygen atoms in total. The van der Waals surface area contributed by atoms with E-state index in [1.54, 1.807) is 11.8 Å². The smallest absolute Gasteiger partial charge is 0.131 e. The second-order valence-electron chi connectivity index (χ2n) is 4.70. The van der Waals surface area contributed by atoms with Crippen LogP contribution in [0.2, 0.25) is 0 Å². The molecule has 0 atom stereocenters. The van der Waals surface area contributed by atoms with Crippen molar-refractivity contribution in [3.63, 3.8) is 0 Å². The van der Waals surface area contributed by atoms with Crippen molar-refractivity contribution in [2.24, 2.45) is 0 Å². The number of hydrogen-bond acceptors (Lipinski definition) is 4. The van der Waals surface area contributed by atoms with Crippen LogP contribution in [0.1, 0.15) is 11.4 Å². The minimum absolute atomic E-state index is 0.556. The Balaban J connectivity index is 2.01. The van der Waals surface area contributed by atoms with Crippen LogP contribution in [0.15, 0.2) is 52.4 Å². The highest BCUT2D eigenvalue weighted by atomic mass is 32.2. The highest BCUT2D eigenvalue weighted by Gasteiger charge is 2.08.